The van der Waals surface area contributed by atoms with Gasteiger partial charge in [-0.2, -0.15) is 0 Å². The molecule has 0 saturated carbocycles. The van der Waals surface area contributed by atoms with Gasteiger partial charge in [-0.15, -0.1) is 0 Å². The van der Waals surface area contributed by atoms with Crippen LogP contribution in [0, 0.1) is 5.92 Å². The van der Waals surface area contributed by atoms with Gasteiger partial charge in [0.2, 0.25) is 5.91 Å². The molecule has 0 bridgehead atoms. The van der Waals surface area contributed by atoms with E-state index in [2.05, 4.69) is 5.32 Å². The summed E-state index contributed by atoms with van der Waals surface area (Å²) in [5.41, 5.74) is 6.93. The summed E-state index contributed by atoms with van der Waals surface area (Å²) < 4.78 is 5.46. The lowest BCUT2D eigenvalue weighted by Crippen LogP contribution is -2.43. The van der Waals surface area contributed by atoms with Gasteiger partial charge in [-0.1, -0.05) is 44.2 Å². The highest BCUT2D eigenvalue weighted by atomic mass is 16.3. The Balaban J connectivity index is 2.16. The van der Waals surface area contributed by atoms with Gasteiger partial charge in [0.05, 0.1) is 12.3 Å². The molecule has 2 atom stereocenters. The average molecular weight is 286 g/mol. The van der Waals surface area contributed by atoms with Gasteiger partial charge in [-0.3, -0.25) is 4.79 Å². The first-order valence-corrected chi connectivity index (χ1v) is 7.22. The zero-order valence-corrected chi connectivity index (χ0v) is 12.5. The summed E-state index contributed by atoms with van der Waals surface area (Å²) in [6.07, 6.45) is 2.26. The third kappa shape index (κ3) is 4.20. The summed E-state index contributed by atoms with van der Waals surface area (Å²) >= 11 is 0. The van der Waals surface area contributed by atoms with E-state index in [4.69, 9.17) is 10.2 Å². The first kappa shape index (κ1) is 15.3. The molecule has 1 unspecified atom stereocenters. The summed E-state index contributed by atoms with van der Waals surface area (Å²) in [7, 11) is 0. The zero-order valence-electron chi connectivity index (χ0n) is 12.5. The number of benzene rings is 1. The number of nitrogens with one attached hydrogen (secondary N) is 1. The SMILES string of the molecule is CC(C)C[C@H](N)C(=O)NC(c1ccccc1)c1ccco1. The van der Waals surface area contributed by atoms with E-state index in [1.54, 1.807) is 6.26 Å². The minimum absolute atomic E-state index is 0.158. The largest absolute Gasteiger partial charge is 0.467 e. The topological polar surface area (TPSA) is 68.3 Å². The number of amides is 1. The molecule has 2 aromatic rings. The molecule has 1 aromatic carbocycles. The molecule has 1 amide bonds. The lowest BCUT2D eigenvalue weighted by Gasteiger charge is -2.20. The molecule has 2 rings (SSSR count). The van der Waals surface area contributed by atoms with Crippen molar-refractivity contribution in [2.75, 3.05) is 0 Å². The summed E-state index contributed by atoms with van der Waals surface area (Å²) in [5, 5.41) is 2.98. The maximum atomic E-state index is 12.3. The van der Waals surface area contributed by atoms with E-state index in [-0.39, 0.29) is 11.9 Å². The molecule has 1 aromatic heterocycles. The van der Waals surface area contributed by atoms with Crippen LogP contribution in [0.4, 0.5) is 0 Å². The minimum atomic E-state index is -0.508. The quantitative estimate of drug-likeness (QED) is 0.858. The molecular weight excluding hydrogens is 264 g/mol. The maximum absolute atomic E-state index is 12.3. The maximum Gasteiger partial charge on any atom is 0.237 e. The van der Waals surface area contributed by atoms with Crippen LogP contribution in [0.5, 0.6) is 0 Å². The zero-order chi connectivity index (χ0) is 15.2. The van der Waals surface area contributed by atoms with E-state index in [9.17, 15) is 4.79 Å². The molecule has 0 radical (unpaired) electrons. The molecule has 0 aliphatic rings. The van der Waals surface area contributed by atoms with Gasteiger partial charge < -0.3 is 15.5 Å². The Labute approximate surface area is 125 Å². The van der Waals surface area contributed by atoms with Gasteiger partial charge in [-0.25, -0.2) is 0 Å². The molecule has 4 nitrogen and oxygen atoms in total. The van der Waals surface area contributed by atoms with Crippen LogP contribution in [0.15, 0.2) is 53.1 Å². The van der Waals surface area contributed by atoms with Crippen molar-refractivity contribution in [2.24, 2.45) is 11.7 Å². The van der Waals surface area contributed by atoms with Crippen LogP contribution in [-0.4, -0.2) is 11.9 Å². The fourth-order valence-corrected chi connectivity index (χ4v) is 2.28. The Bertz CT molecular complexity index is 549. The third-order valence-corrected chi connectivity index (χ3v) is 3.31. The number of carbonyl (C=O) groups excluding carboxylic acids is 1. The van der Waals surface area contributed by atoms with Crippen LogP contribution in [-0.2, 0) is 4.79 Å². The highest BCUT2D eigenvalue weighted by Crippen LogP contribution is 2.22. The van der Waals surface area contributed by atoms with Crippen molar-refractivity contribution in [3.63, 3.8) is 0 Å². The van der Waals surface area contributed by atoms with Gasteiger partial charge in [0, 0.05) is 0 Å². The van der Waals surface area contributed by atoms with Gasteiger partial charge in [0.15, 0.2) is 0 Å². The van der Waals surface area contributed by atoms with Gasteiger partial charge in [-0.05, 0) is 30.0 Å². The standard InChI is InChI=1S/C17H22N2O2/c1-12(2)11-14(18)17(20)19-16(15-9-6-10-21-15)13-7-4-3-5-8-13/h3-10,12,14,16H,11,18H2,1-2H3,(H,19,20)/t14-,16?/m0/s1. The molecule has 1 heterocycles. The van der Waals surface area contributed by atoms with E-state index in [1.165, 1.54) is 0 Å². The number of rotatable bonds is 6. The predicted octanol–water partition coefficient (Wildman–Crippen LogP) is 2.86. The summed E-state index contributed by atoms with van der Waals surface area (Å²) in [6, 6.07) is 12.6. The summed E-state index contributed by atoms with van der Waals surface area (Å²) in [5.74, 6) is 0.921. The molecular formula is C17H22N2O2. The summed E-state index contributed by atoms with van der Waals surface area (Å²) in [6.45, 7) is 4.10. The predicted molar refractivity (Wildman–Crippen MR) is 82.6 cm³/mol. The Morgan fingerprint density at radius 2 is 1.90 bits per heavy atom. The first-order valence-electron chi connectivity index (χ1n) is 7.22. The van der Waals surface area contributed by atoms with E-state index in [0.717, 1.165) is 5.56 Å². The van der Waals surface area contributed by atoms with E-state index in [0.29, 0.717) is 18.1 Å². The Morgan fingerprint density at radius 1 is 1.19 bits per heavy atom. The van der Waals surface area contributed by atoms with Crippen molar-refractivity contribution in [2.45, 2.75) is 32.4 Å². The average Bonchev–Trinajstić information content (AvgIpc) is 2.98. The minimum Gasteiger partial charge on any atom is -0.467 e. The second-order valence-corrected chi connectivity index (χ2v) is 5.60. The Kier molecular flexibility index (Phi) is 5.17. The lowest BCUT2D eigenvalue weighted by molar-refractivity contribution is -0.123. The fourth-order valence-electron chi connectivity index (χ4n) is 2.28. The molecule has 0 aliphatic carbocycles. The molecule has 112 valence electrons. The molecule has 0 saturated heterocycles. The van der Waals surface area contributed by atoms with Crippen molar-refractivity contribution >= 4 is 5.91 Å². The van der Waals surface area contributed by atoms with Crippen LogP contribution in [0.25, 0.3) is 0 Å². The number of hydrogen-bond donors (Lipinski definition) is 2. The monoisotopic (exact) mass is 286 g/mol. The van der Waals surface area contributed by atoms with Crippen molar-refractivity contribution in [1.82, 2.24) is 5.32 Å². The molecule has 0 aliphatic heterocycles. The molecule has 0 spiro atoms. The first-order chi connectivity index (χ1) is 10.1. The molecule has 3 N–H and O–H groups in total. The number of carbonyl (C=O) groups is 1. The lowest BCUT2D eigenvalue weighted by atomic mass is 10.0. The van der Waals surface area contributed by atoms with E-state index < -0.39 is 6.04 Å². The van der Waals surface area contributed by atoms with Crippen LogP contribution < -0.4 is 11.1 Å². The normalized spacial score (nSPS) is 13.9. The van der Waals surface area contributed by atoms with Crippen molar-refractivity contribution in [3.05, 3.63) is 60.1 Å². The second kappa shape index (κ2) is 7.09. The number of nitrogens with two attached hydrogens (primary N) is 1. The Hall–Kier alpha value is -2.07. The van der Waals surface area contributed by atoms with E-state index in [1.807, 2.05) is 56.3 Å². The smallest absolute Gasteiger partial charge is 0.237 e. The van der Waals surface area contributed by atoms with Gasteiger partial charge in [0.25, 0.3) is 0 Å². The van der Waals surface area contributed by atoms with Crippen molar-refractivity contribution < 1.29 is 9.21 Å². The number of furan rings is 1. The fraction of sp³-hybridized carbons (Fsp3) is 0.353. The second-order valence-electron chi connectivity index (χ2n) is 5.60. The highest BCUT2D eigenvalue weighted by molar-refractivity contribution is 5.82. The highest BCUT2D eigenvalue weighted by Gasteiger charge is 2.23. The van der Waals surface area contributed by atoms with Crippen molar-refractivity contribution in [1.29, 1.82) is 0 Å². The summed E-state index contributed by atoms with van der Waals surface area (Å²) in [4.78, 5) is 12.3. The van der Waals surface area contributed by atoms with E-state index >= 15 is 0 Å². The van der Waals surface area contributed by atoms with Crippen molar-refractivity contribution in [3.8, 4) is 0 Å². The van der Waals surface area contributed by atoms with Gasteiger partial charge in [0.1, 0.15) is 11.8 Å². The van der Waals surface area contributed by atoms with Crippen LogP contribution >= 0.6 is 0 Å². The number of hydrogen-bond acceptors (Lipinski definition) is 3. The van der Waals surface area contributed by atoms with Gasteiger partial charge >= 0.3 is 0 Å². The molecule has 4 heteroatoms. The van der Waals surface area contributed by atoms with Crippen LogP contribution in [0.3, 0.4) is 0 Å². The Morgan fingerprint density at radius 3 is 2.48 bits per heavy atom. The van der Waals surface area contributed by atoms with Crippen LogP contribution in [0.2, 0.25) is 0 Å². The third-order valence-electron chi connectivity index (χ3n) is 3.31. The molecule has 21 heavy (non-hydrogen) atoms. The molecule has 0 fully saturated rings. The van der Waals surface area contributed by atoms with Crippen LogP contribution in [0.1, 0.15) is 37.6 Å².